The van der Waals surface area contributed by atoms with E-state index in [-0.39, 0.29) is 36.0 Å². The molecule has 4 aromatic rings. The van der Waals surface area contributed by atoms with Gasteiger partial charge in [-0.05, 0) is 99.1 Å². The lowest BCUT2D eigenvalue weighted by Crippen LogP contribution is -2.40. The summed E-state index contributed by atoms with van der Waals surface area (Å²) in [6, 6.07) is 15.2. The molecule has 0 unspecified atom stereocenters. The average Bonchev–Trinajstić information content (AvgIpc) is 3.80. The summed E-state index contributed by atoms with van der Waals surface area (Å²) >= 11 is 0. The Morgan fingerprint density at radius 2 is 1.04 bits per heavy atom. The number of carbonyl (C=O) groups excluding carboxylic acids is 2. The van der Waals surface area contributed by atoms with Crippen LogP contribution in [0.15, 0.2) is 48.5 Å². The number of amides is 2. The number of halogens is 1. The zero-order valence-electron chi connectivity index (χ0n) is 30.6. The minimum Gasteiger partial charge on any atom is -0.444 e. The van der Waals surface area contributed by atoms with Crippen molar-refractivity contribution in [3.63, 3.8) is 0 Å². The van der Waals surface area contributed by atoms with Crippen molar-refractivity contribution in [1.82, 2.24) is 29.7 Å². The van der Waals surface area contributed by atoms with Crippen molar-refractivity contribution >= 4 is 12.2 Å². The molecule has 266 valence electrons. The molecule has 2 N–H and O–H groups in total. The van der Waals surface area contributed by atoms with Gasteiger partial charge < -0.3 is 19.4 Å². The molecule has 0 aliphatic carbocycles. The normalized spacial score (nSPS) is 21.2. The van der Waals surface area contributed by atoms with Crippen LogP contribution in [-0.2, 0) is 9.47 Å². The van der Waals surface area contributed by atoms with Gasteiger partial charge in [0.15, 0.2) is 0 Å². The third kappa shape index (κ3) is 7.27. The van der Waals surface area contributed by atoms with Crippen molar-refractivity contribution < 1.29 is 23.5 Å². The number of hydrogen-bond donors (Lipinski definition) is 2. The van der Waals surface area contributed by atoms with Gasteiger partial charge in [0.05, 0.1) is 17.8 Å². The smallest absolute Gasteiger partial charge is 0.411 e. The number of hydrogen-bond acceptors (Lipinski definition) is 6. The Labute approximate surface area is 293 Å². The van der Waals surface area contributed by atoms with Gasteiger partial charge >= 0.3 is 12.2 Å². The Kier molecular flexibility index (Phi) is 9.30. The summed E-state index contributed by atoms with van der Waals surface area (Å²) in [6.07, 6.45) is 2.41. The molecule has 2 saturated heterocycles. The summed E-state index contributed by atoms with van der Waals surface area (Å²) in [5, 5.41) is 0. The maximum Gasteiger partial charge on any atom is 0.411 e. The quantitative estimate of drug-likeness (QED) is 0.216. The molecule has 11 heteroatoms. The van der Waals surface area contributed by atoms with Crippen LogP contribution in [-0.4, -0.2) is 65.2 Å². The molecule has 0 bridgehead atoms. The molecule has 2 fully saturated rings. The maximum atomic E-state index is 15.3. The van der Waals surface area contributed by atoms with Gasteiger partial charge in [-0.3, -0.25) is 9.80 Å². The minimum atomic E-state index is -0.631. The van der Waals surface area contributed by atoms with Crippen molar-refractivity contribution in [2.75, 3.05) is 0 Å². The van der Waals surface area contributed by atoms with E-state index < -0.39 is 23.2 Å². The summed E-state index contributed by atoms with van der Waals surface area (Å²) in [5.41, 5.74) is 4.38. The third-order valence-electron chi connectivity index (χ3n) is 9.41. The number of aryl methyl sites for hydroxylation is 1. The summed E-state index contributed by atoms with van der Waals surface area (Å²) in [5.74, 6) is 0.654. The minimum absolute atomic E-state index is 0.0400. The molecule has 10 nitrogen and oxygen atoms in total. The van der Waals surface area contributed by atoms with E-state index in [4.69, 9.17) is 14.5 Å². The van der Waals surface area contributed by atoms with Gasteiger partial charge in [-0.1, -0.05) is 48.5 Å². The van der Waals surface area contributed by atoms with Gasteiger partial charge in [0.1, 0.15) is 28.5 Å². The van der Waals surface area contributed by atoms with Crippen LogP contribution in [0.4, 0.5) is 14.0 Å². The van der Waals surface area contributed by atoms with Crippen LogP contribution in [0.25, 0.3) is 33.6 Å². The summed E-state index contributed by atoms with van der Waals surface area (Å²) in [4.78, 5) is 45.4. The Hall–Kier alpha value is -4.67. The maximum absolute atomic E-state index is 15.3. The van der Waals surface area contributed by atoms with Gasteiger partial charge in [-0.25, -0.2) is 19.6 Å². The first-order chi connectivity index (χ1) is 23.5. The van der Waals surface area contributed by atoms with E-state index in [2.05, 4.69) is 15.0 Å². The van der Waals surface area contributed by atoms with Gasteiger partial charge in [-0.2, -0.15) is 4.39 Å². The zero-order chi connectivity index (χ0) is 36.1. The largest absolute Gasteiger partial charge is 0.444 e. The predicted molar refractivity (Wildman–Crippen MR) is 191 cm³/mol. The number of carbonyl (C=O) groups is 2. The van der Waals surface area contributed by atoms with Crippen LogP contribution >= 0.6 is 0 Å². The fourth-order valence-electron chi connectivity index (χ4n) is 7.03. The second kappa shape index (κ2) is 13.2. The van der Waals surface area contributed by atoms with Crippen LogP contribution in [0.5, 0.6) is 0 Å². The van der Waals surface area contributed by atoms with Crippen LogP contribution in [0.3, 0.4) is 0 Å². The highest BCUT2D eigenvalue weighted by atomic mass is 19.1. The number of aromatic amines is 2. The molecule has 4 heterocycles. The van der Waals surface area contributed by atoms with Gasteiger partial charge in [-0.15, -0.1) is 0 Å². The molecule has 0 spiro atoms. The fraction of sp³-hybridized carbons (Fsp3) is 0.487. The SMILES string of the molecule is Cc1[nH]c([C@@H]2CC[C@H](C)N2C(=O)OC(C)(C)C)nc1-c1ccc(-c2ccc(-c3nc([C@@H]4CC[C@H](C)N4C(=O)OC(C)(C)C)[nH]c3F)cc2)cc1. The number of nitrogens with zero attached hydrogens (tertiary/aromatic N) is 4. The molecule has 2 aromatic heterocycles. The molecule has 2 aliphatic rings. The molecular weight excluding hydrogens is 635 g/mol. The van der Waals surface area contributed by atoms with Crippen molar-refractivity contribution in [2.45, 2.75) is 123 Å². The second-order valence-electron chi connectivity index (χ2n) is 15.7. The molecule has 4 atom stereocenters. The number of imidazole rings is 2. The third-order valence-corrected chi connectivity index (χ3v) is 9.41. The second-order valence-corrected chi connectivity index (χ2v) is 15.7. The summed E-state index contributed by atoms with van der Waals surface area (Å²) < 4.78 is 26.6. The van der Waals surface area contributed by atoms with E-state index in [1.807, 2.05) is 116 Å². The van der Waals surface area contributed by atoms with Crippen LogP contribution in [0.1, 0.15) is 110 Å². The lowest BCUT2D eigenvalue weighted by Gasteiger charge is -2.30. The highest BCUT2D eigenvalue weighted by molar-refractivity contribution is 5.73. The average molecular weight is 685 g/mol. The van der Waals surface area contributed by atoms with E-state index in [0.717, 1.165) is 53.2 Å². The van der Waals surface area contributed by atoms with Gasteiger partial charge in [0, 0.05) is 28.9 Å². The zero-order valence-corrected chi connectivity index (χ0v) is 30.6. The van der Waals surface area contributed by atoms with E-state index in [1.165, 1.54) is 0 Å². The standard InChI is InChI=1S/C39H49FN6O4/c1-22-10-20-29(45(22)36(47)49-38(4,5)6)34-41-24(3)31(42-34)27-16-12-25(13-17-27)26-14-18-28(19-15-26)32-33(40)44-35(43-32)30-21-11-23(2)46(30)37(48)50-39(7,8)9/h12-19,22-23,29-30H,10-11,20-21H2,1-9H3,(H,41,42)(H,43,44)/t22-,23-,29-,30-/m0/s1. The molecule has 50 heavy (non-hydrogen) atoms. The van der Waals surface area contributed by atoms with Gasteiger partial charge in [0.25, 0.3) is 0 Å². The van der Waals surface area contributed by atoms with Crippen molar-refractivity contribution in [1.29, 1.82) is 0 Å². The Morgan fingerprint density at radius 1 is 0.660 bits per heavy atom. The van der Waals surface area contributed by atoms with Gasteiger partial charge in [0.2, 0.25) is 5.95 Å². The summed E-state index contributed by atoms with van der Waals surface area (Å²) in [6.45, 7) is 17.2. The topological polar surface area (TPSA) is 116 Å². The van der Waals surface area contributed by atoms with E-state index >= 15 is 4.39 Å². The number of nitrogens with one attached hydrogen (secondary N) is 2. The van der Waals surface area contributed by atoms with Crippen molar-refractivity contribution in [3.05, 3.63) is 71.8 Å². The molecule has 0 saturated carbocycles. The molecule has 6 rings (SSSR count). The number of H-pyrrole nitrogens is 2. The van der Waals surface area contributed by atoms with Crippen LogP contribution < -0.4 is 0 Å². The predicted octanol–water partition coefficient (Wildman–Crippen LogP) is 9.50. The first kappa shape index (κ1) is 35.2. The number of likely N-dealkylation sites (tertiary alicyclic amines) is 2. The number of ether oxygens (including phenoxy) is 2. The summed E-state index contributed by atoms with van der Waals surface area (Å²) in [7, 11) is 0. The number of aromatic nitrogens is 4. The molecule has 0 radical (unpaired) electrons. The highest BCUT2D eigenvalue weighted by Gasteiger charge is 2.41. The highest BCUT2D eigenvalue weighted by Crippen LogP contribution is 2.39. The molecule has 2 aliphatic heterocycles. The number of rotatable bonds is 5. The van der Waals surface area contributed by atoms with Crippen molar-refractivity contribution in [2.24, 2.45) is 0 Å². The number of benzene rings is 2. The molecule has 2 amide bonds. The van der Waals surface area contributed by atoms with Crippen LogP contribution in [0.2, 0.25) is 0 Å². The van der Waals surface area contributed by atoms with Crippen LogP contribution in [0, 0.1) is 12.9 Å². The van der Waals surface area contributed by atoms with Crippen molar-refractivity contribution in [3.8, 4) is 33.6 Å². The lowest BCUT2D eigenvalue weighted by molar-refractivity contribution is 0.0140. The molecule has 2 aromatic carbocycles. The van der Waals surface area contributed by atoms with E-state index in [9.17, 15) is 9.59 Å². The van der Waals surface area contributed by atoms with E-state index in [0.29, 0.717) is 17.8 Å². The fourth-order valence-corrected chi connectivity index (χ4v) is 7.03. The lowest BCUT2D eigenvalue weighted by atomic mass is 10.0. The Bertz CT molecular complexity index is 1720. The molecular formula is C39H49FN6O4. The Morgan fingerprint density at radius 3 is 1.48 bits per heavy atom. The Balaban J connectivity index is 1.17. The monoisotopic (exact) mass is 684 g/mol. The first-order valence-electron chi connectivity index (χ1n) is 17.5. The van der Waals surface area contributed by atoms with E-state index in [1.54, 1.807) is 4.90 Å². The first-order valence-corrected chi connectivity index (χ1v) is 17.5.